The van der Waals surface area contributed by atoms with Gasteiger partial charge >= 0.3 is 5.97 Å². The van der Waals surface area contributed by atoms with Crippen LogP contribution in [0.3, 0.4) is 0 Å². The van der Waals surface area contributed by atoms with Crippen LogP contribution in [0, 0.1) is 0 Å². The van der Waals surface area contributed by atoms with Crippen molar-refractivity contribution in [3.05, 3.63) is 42.2 Å². The van der Waals surface area contributed by atoms with Gasteiger partial charge in [-0.05, 0) is 30.5 Å². The van der Waals surface area contributed by atoms with E-state index < -0.39 is 16.0 Å². The maximum Gasteiger partial charge on any atom is 0.335 e. The van der Waals surface area contributed by atoms with Crippen LogP contribution < -0.4 is 0 Å². The van der Waals surface area contributed by atoms with Crippen LogP contribution in [0.4, 0.5) is 0 Å². The van der Waals surface area contributed by atoms with Crippen LogP contribution in [0.25, 0.3) is 11.1 Å². The van der Waals surface area contributed by atoms with Gasteiger partial charge in [-0.25, -0.2) is 13.2 Å². The Morgan fingerprint density at radius 3 is 2.40 bits per heavy atom. The normalized spacial score (nSPS) is 15.2. The molecule has 1 aromatic carbocycles. The minimum atomic E-state index is -3.36. The Morgan fingerprint density at radius 1 is 1.20 bits per heavy atom. The monoisotopic (exact) mass is 292 g/mol. The Morgan fingerprint density at radius 2 is 1.85 bits per heavy atom. The molecule has 7 heteroatoms. The van der Waals surface area contributed by atoms with E-state index in [4.69, 9.17) is 5.11 Å². The summed E-state index contributed by atoms with van der Waals surface area (Å²) in [4.78, 5) is 10.8. The van der Waals surface area contributed by atoms with Gasteiger partial charge in [-0.3, -0.25) is 0 Å². The van der Waals surface area contributed by atoms with Crippen LogP contribution >= 0.6 is 0 Å². The Labute approximate surface area is 115 Å². The van der Waals surface area contributed by atoms with Crippen molar-refractivity contribution in [2.24, 2.45) is 0 Å². The molecule has 1 heterocycles. The maximum atomic E-state index is 12.0. The van der Waals surface area contributed by atoms with Gasteiger partial charge in [0, 0.05) is 5.56 Å². The summed E-state index contributed by atoms with van der Waals surface area (Å²) in [6.07, 6.45) is 4.30. The smallest absolute Gasteiger partial charge is 0.335 e. The second kappa shape index (κ2) is 4.45. The number of hydrogen-bond acceptors (Lipinski definition) is 4. The Bertz CT molecular complexity index is 758. The fourth-order valence-electron chi connectivity index (χ4n) is 1.92. The van der Waals surface area contributed by atoms with Crippen molar-refractivity contribution < 1.29 is 18.3 Å². The molecule has 0 radical (unpaired) electrons. The van der Waals surface area contributed by atoms with Crippen molar-refractivity contribution in [2.75, 3.05) is 0 Å². The highest BCUT2D eigenvalue weighted by Crippen LogP contribution is 2.30. The predicted molar refractivity (Wildman–Crippen MR) is 72.0 cm³/mol. The van der Waals surface area contributed by atoms with E-state index in [0.29, 0.717) is 18.4 Å². The Balaban J connectivity index is 1.92. The van der Waals surface area contributed by atoms with Crippen molar-refractivity contribution in [3.63, 3.8) is 0 Å². The Hall–Kier alpha value is -2.15. The third kappa shape index (κ3) is 2.20. The molecule has 1 aliphatic carbocycles. The van der Waals surface area contributed by atoms with Gasteiger partial charge in [0.25, 0.3) is 10.0 Å². The molecule has 1 N–H and O–H groups in total. The molecule has 0 aliphatic heterocycles. The topological polar surface area (TPSA) is 89.3 Å². The van der Waals surface area contributed by atoms with Crippen LogP contribution in [-0.4, -0.2) is 33.9 Å². The van der Waals surface area contributed by atoms with Crippen molar-refractivity contribution >= 4 is 16.0 Å². The molecule has 2 aromatic rings. The van der Waals surface area contributed by atoms with Gasteiger partial charge in [0.1, 0.15) is 0 Å². The van der Waals surface area contributed by atoms with Gasteiger partial charge in [0.05, 0.1) is 23.2 Å². The van der Waals surface area contributed by atoms with Gasteiger partial charge in [0.15, 0.2) is 0 Å². The summed E-state index contributed by atoms with van der Waals surface area (Å²) in [6, 6.07) is 6.22. The average molecular weight is 292 g/mol. The molecule has 0 atom stereocenters. The van der Waals surface area contributed by atoms with Gasteiger partial charge in [0.2, 0.25) is 0 Å². The van der Waals surface area contributed by atoms with E-state index in [2.05, 4.69) is 5.10 Å². The summed E-state index contributed by atoms with van der Waals surface area (Å²) in [6.45, 7) is 0. The number of rotatable bonds is 4. The number of carboxylic acid groups (broad SMARTS) is 1. The molecular weight excluding hydrogens is 280 g/mol. The highest BCUT2D eigenvalue weighted by atomic mass is 32.2. The zero-order valence-electron chi connectivity index (χ0n) is 10.4. The average Bonchev–Trinajstić information content (AvgIpc) is 3.17. The van der Waals surface area contributed by atoms with Crippen LogP contribution in [0.2, 0.25) is 0 Å². The van der Waals surface area contributed by atoms with Crippen LogP contribution in [-0.2, 0) is 10.0 Å². The lowest BCUT2D eigenvalue weighted by atomic mass is 10.1. The summed E-state index contributed by atoms with van der Waals surface area (Å²) in [5.41, 5.74) is 1.56. The zero-order chi connectivity index (χ0) is 14.3. The number of nitrogens with zero attached hydrogens (tertiary/aromatic N) is 2. The van der Waals surface area contributed by atoms with E-state index in [9.17, 15) is 13.2 Å². The third-order valence-electron chi connectivity index (χ3n) is 3.23. The second-order valence-corrected chi connectivity index (χ2v) is 6.80. The summed E-state index contributed by atoms with van der Waals surface area (Å²) < 4.78 is 25.0. The second-order valence-electron chi connectivity index (χ2n) is 4.73. The molecule has 104 valence electrons. The molecule has 0 unspecified atom stereocenters. The van der Waals surface area contributed by atoms with Crippen LogP contribution in [0.1, 0.15) is 23.2 Å². The van der Waals surface area contributed by atoms with E-state index in [1.807, 2.05) is 0 Å². The molecule has 1 saturated carbocycles. The fourth-order valence-corrected chi connectivity index (χ4v) is 3.39. The molecule has 0 bridgehead atoms. The van der Waals surface area contributed by atoms with E-state index in [0.717, 1.165) is 9.65 Å². The number of carbonyl (C=O) groups is 1. The van der Waals surface area contributed by atoms with Gasteiger partial charge < -0.3 is 5.11 Å². The molecule has 1 aliphatic rings. The lowest BCUT2D eigenvalue weighted by Gasteiger charge is -2.01. The first kappa shape index (κ1) is 12.9. The SMILES string of the molecule is O=C(O)c1ccc(-c2cnn(S(=O)(=O)C3CC3)c2)cc1. The lowest BCUT2D eigenvalue weighted by Crippen LogP contribution is -2.17. The third-order valence-corrected chi connectivity index (χ3v) is 5.27. The summed E-state index contributed by atoms with van der Waals surface area (Å²) in [7, 11) is -3.36. The largest absolute Gasteiger partial charge is 0.478 e. The molecule has 0 spiro atoms. The number of aromatic carboxylic acids is 1. The first-order chi connectivity index (χ1) is 9.48. The van der Waals surface area contributed by atoms with Crippen LogP contribution in [0.15, 0.2) is 36.7 Å². The molecule has 1 aromatic heterocycles. The van der Waals surface area contributed by atoms with Gasteiger partial charge in [-0.1, -0.05) is 12.1 Å². The zero-order valence-corrected chi connectivity index (χ0v) is 11.2. The minimum absolute atomic E-state index is 0.187. The molecule has 6 nitrogen and oxygen atoms in total. The summed E-state index contributed by atoms with van der Waals surface area (Å²) >= 11 is 0. The molecule has 0 amide bonds. The van der Waals surface area contributed by atoms with Crippen molar-refractivity contribution in [2.45, 2.75) is 18.1 Å². The highest BCUT2D eigenvalue weighted by molar-refractivity contribution is 7.90. The number of benzene rings is 1. The van der Waals surface area contributed by atoms with Crippen LogP contribution in [0.5, 0.6) is 0 Å². The quantitative estimate of drug-likeness (QED) is 0.924. The molecular formula is C13H12N2O4S. The predicted octanol–water partition coefficient (Wildman–Crippen LogP) is 1.59. The van der Waals surface area contributed by atoms with E-state index in [-0.39, 0.29) is 10.8 Å². The van der Waals surface area contributed by atoms with Gasteiger partial charge in [-0.2, -0.15) is 9.19 Å². The number of aromatic nitrogens is 2. The minimum Gasteiger partial charge on any atom is -0.478 e. The van der Waals surface area contributed by atoms with E-state index in [1.165, 1.54) is 24.5 Å². The Kier molecular flexibility index (Phi) is 2.86. The van der Waals surface area contributed by atoms with Crippen molar-refractivity contribution in [3.8, 4) is 11.1 Å². The maximum absolute atomic E-state index is 12.0. The molecule has 0 saturated heterocycles. The molecule has 1 fully saturated rings. The number of carboxylic acids is 1. The summed E-state index contributed by atoms with van der Waals surface area (Å²) in [5, 5.41) is 12.4. The van der Waals surface area contributed by atoms with Crippen molar-refractivity contribution in [1.29, 1.82) is 0 Å². The standard InChI is InChI=1S/C13H12N2O4S/c16-13(17)10-3-1-9(2-4-10)11-7-14-15(8-11)20(18,19)12-5-6-12/h1-4,7-8,12H,5-6H2,(H,16,17). The molecule has 3 rings (SSSR count). The van der Waals surface area contributed by atoms with E-state index in [1.54, 1.807) is 12.1 Å². The van der Waals surface area contributed by atoms with Gasteiger partial charge in [-0.15, -0.1) is 0 Å². The number of hydrogen-bond donors (Lipinski definition) is 1. The first-order valence-corrected chi connectivity index (χ1v) is 7.61. The first-order valence-electron chi connectivity index (χ1n) is 6.11. The molecule has 20 heavy (non-hydrogen) atoms. The van der Waals surface area contributed by atoms with Crippen molar-refractivity contribution in [1.82, 2.24) is 9.19 Å². The fraction of sp³-hybridized carbons (Fsp3) is 0.231. The highest BCUT2D eigenvalue weighted by Gasteiger charge is 2.37. The summed E-state index contributed by atoms with van der Waals surface area (Å²) in [5.74, 6) is -0.997. The van der Waals surface area contributed by atoms with E-state index >= 15 is 0 Å². The lowest BCUT2D eigenvalue weighted by molar-refractivity contribution is 0.0697.